The standard InChI is InChI=1S/C23H20BrClN2O4/c1-29-21-12-16(13-26-27-22(28)15-30-18-8-3-2-4-9-18)11-19(24)23(21)31-14-17-7-5-6-10-20(17)25/h2-13H,14-15H2,1H3,(H,27,28)/b26-13-. The zero-order valence-electron chi connectivity index (χ0n) is 16.7. The van der Waals surface area contributed by atoms with Gasteiger partial charge >= 0.3 is 0 Å². The second-order valence-electron chi connectivity index (χ2n) is 6.31. The Morgan fingerprint density at radius 1 is 1.10 bits per heavy atom. The van der Waals surface area contributed by atoms with Crippen molar-refractivity contribution in [2.24, 2.45) is 5.10 Å². The Labute approximate surface area is 193 Å². The van der Waals surface area contributed by atoms with Crippen LogP contribution in [-0.2, 0) is 11.4 Å². The summed E-state index contributed by atoms with van der Waals surface area (Å²) in [6, 6.07) is 20.1. The number of hydrogen-bond donors (Lipinski definition) is 1. The molecule has 0 atom stereocenters. The summed E-state index contributed by atoms with van der Waals surface area (Å²) in [6.45, 7) is 0.155. The van der Waals surface area contributed by atoms with E-state index < -0.39 is 0 Å². The van der Waals surface area contributed by atoms with E-state index in [4.69, 9.17) is 25.8 Å². The third kappa shape index (κ3) is 6.73. The first kappa shape index (κ1) is 22.7. The average Bonchev–Trinajstić information content (AvgIpc) is 2.78. The first-order valence-electron chi connectivity index (χ1n) is 9.30. The van der Waals surface area contributed by atoms with Gasteiger partial charge in [0.2, 0.25) is 0 Å². The van der Waals surface area contributed by atoms with Gasteiger partial charge in [-0.25, -0.2) is 5.43 Å². The van der Waals surface area contributed by atoms with Gasteiger partial charge in [-0.2, -0.15) is 5.10 Å². The van der Waals surface area contributed by atoms with Gasteiger partial charge < -0.3 is 14.2 Å². The summed E-state index contributed by atoms with van der Waals surface area (Å²) in [4.78, 5) is 11.9. The van der Waals surface area contributed by atoms with Gasteiger partial charge in [0.1, 0.15) is 12.4 Å². The van der Waals surface area contributed by atoms with Crippen LogP contribution in [0.15, 0.2) is 76.3 Å². The van der Waals surface area contributed by atoms with E-state index >= 15 is 0 Å². The van der Waals surface area contributed by atoms with E-state index in [0.717, 1.165) is 5.56 Å². The maximum absolute atomic E-state index is 11.9. The number of amides is 1. The quantitative estimate of drug-likeness (QED) is 0.321. The Kier molecular flexibility index (Phi) is 8.32. The molecule has 0 unspecified atom stereocenters. The smallest absolute Gasteiger partial charge is 0.277 e. The van der Waals surface area contributed by atoms with Gasteiger partial charge in [0.15, 0.2) is 18.1 Å². The largest absolute Gasteiger partial charge is 0.493 e. The van der Waals surface area contributed by atoms with Crippen molar-refractivity contribution in [3.8, 4) is 17.2 Å². The summed E-state index contributed by atoms with van der Waals surface area (Å²) in [5, 5.41) is 4.60. The fourth-order valence-electron chi connectivity index (χ4n) is 2.60. The molecule has 6 nitrogen and oxygen atoms in total. The summed E-state index contributed by atoms with van der Waals surface area (Å²) in [7, 11) is 1.55. The molecule has 0 aliphatic carbocycles. The Hall–Kier alpha value is -3.03. The van der Waals surface area contributed by atoms with E-state index in [0.29, 0.717) is 38.9 Å². The molecule has 0 saturated heterocycles. The zero-order chi connectivity index (χ0) is 22.1. The Morgan fingerprint density at radius 3 is 2.58 bits per heavy atom. The minimum absolute atomic E-state index is 0.136. The third-order valence-corrected chi connectivity index (χ3v) is 5.06. The minimum atomic E-state index is -0.370. The van der Waals surface area contributed by atoms with Crippen LogP contribution in [0.25, 0.3) is 0 Å². The summed E-state index contributed by atoms with van der Waals surface area (Å²) >= 11 is 9.68. The van der Waals surface area contributed by atoms with Crippen LogP contribution in [0.2, 0.25) is 5.02 Å². The molecular formula is C23H20BrClN2O4. The van der Waals surface area contributed by atoms with E-state index in [9.17, 15) is 4.79 Å². The van der Waals surface area contributed by atoms with Gasteiger partial charge in [0.05, 0.1) is 17.8 Å². The topological polar surface area (TPSA) is 69.2 Å². The highest BCUT2D eigenvalue weighted by Gasteiger charge is 2.12. The molecule has 3 rings (SSSR count). The molecular weight excluding hydrogens is 484 g/mol. The Morgan fingerprint density at radius 2 is 1.84 bits per heavy atom. The predicted molar refractivity (Wildman–Crippen MR) is 124 cm³/mol. The maximum Gasteiger partial charge on any atom is 0.277 e. The van der Waals surface area contributed by atoms with Gasteiger partial charge in [-0.1, -0.05) is 48.0 Å². The molecule has 1 N–H and O–H groups in total. The van der Waals surface area contributed by atoms with Crippen molar-refractivity contribution in [2.45, 2.75) is 6.61 Å². The number of carbonyl (C=O) groups excluding carboxylic acids is 1. The number of halogens is 2. The number of nitrogens with zero attached hydrogens (tertiary/aromatic N) is 1. The summed E-state index contributed by atoms with van der Waals surface area (Å²) in [6.07, 6.45) is 1.51. The van der Waals surface area contributed by atoms with Crippen LogP contribution in [0.3, 0.4) is 0 Å². The van der Waals surface area contributed by atoms with Gasteiger partial charge in [-0.3, -0.25) is 4.79 Å². The SMILES string of the molecule is COc1cc(/C=N\NC(=O)COc2ccccc2)cc(Br)c1OCc1ccccc1Cl. The van der Waals surface area contributed by atoms with Gasteiger partial charge in [0, 0.05) is 10.6 Å². The van der Waals surface area contributed by atoms with Crippen LogP contribution in [0, 0.1) is 0 Å². The number of carbonyl (C=O) groups is 1. The second kappa shape index (κ2) is 11.4. The van der Waals surface area contributed by atoms with Crippen LogP contribution >= 0.6 is 27.5 Å². The molecule has 1 amide bonds. The molecule has 0 fully saturated rings. The van der Waals surface area contributed by atoms with E-state index in [1.807, 2.05) is 42.5 Å². The highest BCUT2D eigenvalue weighted by molar-refractivity contribution is 9.10. The molecule has 0 saturated carbocycles. The molecule has 0 spiro atoms. The van der Waals surface area contributed by atoms with Crippen molar-refractivity contribution >= 4 is 39.7 Å². The lowest BCUT2D eigenvalue weighted by atomic mass is 10.2. The first-order chi connectivity index (χ1) is 15.1. The molecule has 0 aromatic heterocycles. The van der Waals surface area contributed by atoms with Crippen LogP contribution in [0.5, 0.6) is 17.2 Å². The Balaban J connectivity index is 1.59. The second-order valence-corrected chi connectivity index (χ2v) is 7.57. The molecule has 0 heterocycles. The van der Waals surface area contributed by atoms with E-state index in [1.54, 1.807) is 31.4 Å². The van der Waals surface area contributed by atoms with Crippen LogP contribution in [-0.4, -0.2) is 25.8 Å². The summed E-state index contributed by atoms with van der Waals surface area (Å²) in [5.41, 5.74) is 4.00. The maximum atomic E-state index is 11.9. The molecule has 3 aromatic rings. The first-order valence-corrected chi connectivity index (χ1v) is 10.5. The fourth-order valence-corrected chi connectivity index (χ4v) is 3.36. The fraction of sp³-hybridized carbons (Fsp3) is 0.130. The van der Waals surface area contributed by atoms with Crippen molar-refractivity contribution in [3.63, 3.8) is 0 Å². The molecule has 0 aliphatic rings. The number of rotatable bonds is 9. The number of hydrazone groups is 1. The third-order valence-electron chi connectivity index (χ3n) is 4.10. The Bertz CT molecular complexity index is 1060. The average molecular weight is 504 g/mol. The molecule has 8 heteroatoms. The molecule has 0 bridgehead atoms. The summed E-state index contributed by atoms with van der Waals surface area (Å²) in [5.74, 6) is 1.30. The highest BCUT2D eigenvalue weighted by atomic mass is 79.9. The number of methoxy groups -OCH3 is 1. The number of hydrogen-bond acceptors (Lipinski definition) is 5. The number of nitrogens with one attached hydrogen (secondary N) is 1. The zero-order valence-corrected chi connectivity index (χ0v) is 19.0. The molecule has 31 heavy (non-hydrogen) atoms. The number of para-hydroxylation sites is 1. The van der Waals surface area contributed by atoms with Gasteiger partial charge in [0.25, 0.3) is 5.91 Å². The van der Waals surface area contributed by atoms with Gasteiger partial charge in [-0.05, 0) is 51.8 Å². The lowest BCUT2D eigenvalue weighted by molar-refractivity contribution is -0.123. The van der Waals surface area contributed by atoms with Crippen LogP contribution in [0.1, 0.15) is 11.1 Å². The van der Waals surface area contributed by atoms with E-state index in [1.165, 1.54) is 6.21 Å². The normalized spacial score (nSPS) is 10.7. The predicted octanol–water partition coefficient (Wildman–Crippen LogP) is 5.22. The summed E-state index contributed by atoms with van der Waals surface area (Å²) < 4.78 is 17.4. The van der Waals surface area contributed by atoms with Crippen molar-refractivity contribution in [2.75, 3.05) is 13.7 Å². The van der Waals surface area contributed by atoms with E-state index in [-0.39, 0.29) is 12.5 Å². The number of benzene rings is 3. The van der Waals surface area contributed by atoms with Crippen LogP contribution < -0.4 is 19.6 Å². The monoisotopic (exact) mass is 502 g/mol. The van der Waals surface area contributed by atoms with Crippen molar-refractivity contribution in [1.29, 1.82) is 0 Å². The van der Waals surface area contributed by atoms with Gasteiger partial charge in [-0.15, -0.1) is 0 Å². The van der Waals surface area contributed by atoms with E-state index in [2.05, 4.69) is 26.5 Å². The van der Waals surface area contributed by atoms with Crippen molar-refractivity contribution < 1.29 is 19.0 Å². The molecule has 0 radical (unpaired) electrons. The van der Waals surface area contributed by atoms with Crippen LogP contribution in [0.4, 0.5) is 0 Å². The highest BCUT2D eigenvalue weighted by Crippen LogP contribution is 2.37. The molecule has 3 aromatic carbocycles. The molecule has 0 aliphatic heterocycles. The molecule has 160 valence electrons. The van der Waals surface area contributed by atoms with Crippen molar-refractivity contribution in [3.05, 3.63) is 87.4 Å². The van der Waals surface area contributed by atoms with Crippen molar-refractivity contribution in [1.82, 2.24) is 5.43 Å². The minimum Gasteiger partial charge on any atom is -0.493 e. The number of ether oxygens (including phenoxy) is 3. The lowest BCUT2D eigenvalue weighted by Crippen LogP contribution is -2.24. The lowest BCUT2D eigenvalue weighted by Gasteiger charge is -2.14.